The predicted molar refractivity (Wildman–Crippen MR) is 508 cm³/mol. The summed E-state index contributed by atoms with van der Waals surface area (Å²) in [5.74, 6) is -4.22. The van der Waals surface area contributed by atoms with Crippen LogP contribution in [0.25, 0.3) is 54.2 Å². The molecule has 12 aromatic rings. The first-order valence-corrected chi connectivity index (χ1v) is 45.6. The molecule has 700 valence electrons. The summed E-state index contributed by atoms with van der Waals surface area (Å²) < 4.78 is 51.8. The molecule has 0 saturated carbocycles. The van der Waals surface area contributed by atoms with Crippen LogP contribution in [-0.4, -0.2) is 199 Å². The van der Waals surface area contributed by atoms with Gasteiger partial charge < -0.3 is 76.4 Å². The molecule has 3 saturated heterocycles. The van der Waals surface area contributed by atoms with Gasteiger partial charge in [-0.3, -0.25) is 43.0 Å². The fourth-order valence-corrected chi connectivity index (χ4v) is 17.6. The molecule has 15 rings (SSSR count). The highest BCUT2D eigenvalue weighted by Crippen LogP contribution is 2.37. The van der Waals surface area contributed by atoms with Crippen molar-refractivity contribution in [2.24, 2.45) is 17.9 Å². The lowest BCUT2D eigenvalue weighted by Crippen LogP contribution is -2.57. The quantitative estimate of drug-likeness (QED) is 0.0304. The van der Waals surface area contributed by atoms with Gasteiger partial charge in [0.25, 0.3) is 11.8 Å². The normalized spacial score (nSPS) is 16.7. The number of aromatic amines is 1. The third-order valence-electron chi connectivity index (χ3n) is 23.4. The number of pyridine rings is 2. The number of piperazine rings is 1. The number of carbonyl (C=O) groups excluding carboxylic acids is 8. The van der Waals surface area contributed by atoms with Crippen LogP contribution in [0, 0.1) is 49.1 Å². The van der Waals surface area contributed by atoms with Crippen LogP contribution >= 0.6 is 22.7 Å². The SMILES string of the molecule is CC(=O)N[C@H](C(=O)N1C[C@H](O)C[C@H]1C(=O)N[C@@H](C)c1ccc(-c2scnc2C)cc1)C(C)(C)C.CC(=O)N[C@H](C(=O)N1C[C@H](O)C[C@H]1C(=O)N[C@@H](C)c1ccc(-c2scnc2C)cc1)C(C)(C)C.Cc1ccc(F)c([C@H](C)Oc2cc(C(=O)Nc3ccc(C(=O)N4CCN(C)CC4)cc3)cnc2N)c1F.Cn1cc(-c2cnc3[nH]cc(-c4ccn(Cc5cccc(F)c5)c4)c3c2)cn1. The Morgan fingerprint density at radius 1 is 0.602 bits per heavy atom. The molecule has 0 spiro atoms. The first-order chi connectivity index (χ1) is 63.0. The van der Waals surface area contributed by atoms with E-state index in [9.17, 15) is 61.7 Å². The zero-order chi connectivity index (χ0) is 96.2. The Kier molecular flexibility index (Phi) is 31.9. The number of fused-ring (bicyclic) bond motifs is 1. The Hall–Kier alpha value is -13.3. The van der Waals surface area contributed by atoms with E-state index in [1.807, 2.05) is 185 Å². The summed E-state index contributed by atoms with van der Waals surface area (Å²) in [6.45, 7) is 28.3. The van der Waals surface area contributed by atoms with Crippen molar-refractivity contribution in [1.82, 2.24) is 80.1 Å². The van der Waals surface area contributed by atoms with Gasteiger partial charge in [-0.1, -0.05) is 108 Å². The number of aromatic nitrogens is 8. The van der Waals surface area contributed by atoms with Gasteiger partial charge in [-0.2, -0.15) is 5.10 Å². The minimum absolute atomic E-state index is 0.0218. The predicted octanol–water partition coefficient (Wildman–Crippen LogP) is 14.3. The third-order valence-corrected chi connectivity index (χ3v) is 25.4. The van der Waals surface area contributed by atoms with Crippen LogP contribution in [0.15, 0.2) is 182 Å². The largest absolute Gasteiger partial charge is 0.482 e. The number of likely N-dealkylation sites (N-methyl/N-ethyl adjacent to an activating group) is 1. The number of amides is 8. The minimum Gasteiger partial charge on any atom is -0.482 e. The summed E-state index contributed by atoms with van der Waals surface area (Å²) in [6.07, 6.45) is 10.7. The van der Waals surface area contributed by atoms with Gasteiger partial charge in [0, 0.05) is 156 Å². The Labute approximate surface area is 779 Å². The van der Waals surface area contributed by atoms with Crippen molar-refractivity contribution in [3.05, 3.63) is 250 Å². The molecule has 0 unspecified atom stereocenters. The van der Waals surface area contributed by atoms with Crippen LogP contribution in [0.5, 0.6) is 5.75 Å². The van der Waals surface area contributed by atoms with Gasteiger partial charge in [-0.15, -0.1) is 22.7 Å². The van der Waals surface area contributed by atoms with Crippen molar-refractivity contribution >= 4 is 92.5 Å². The number of rotatable bonds is 22. The number of H-pyrrole nitrogens is 1. The van der Waals surface area contributed by atoms with Gasteiger partial charge in [-0.05, 0) is 153 Å². The number of likely N-dealkylation sites (tertiary alicyclic amines) is 2. The number of halogens is 3. The van der Waals surface area contributed by atoms with E-state index >= 15 is 0 Å². The van der Waals surface area contributed by atoms with Crippen molar-refractivity contribution in [3.63, 3.8) is 0 Å². The van der Waals surface area contributed by atoms with Gasteiger partial charge in [0.1, 0.15) is 53.4 Å². The molecule has 0 radical (unpaired) electrons. The Balaban J connectivity index is 0.000000160. The first kappa shape index (κ1) is 98.7. The highest BCUT2D eigenvalue weighted by molar-refractivity contribution is 7.13. The second kappa shape index (κ2) is 42.9. The summed E-state index contributed by atoms with van der Waals surface area (Å²) in [5, 5.41) is 40.0. The Morgan fingerprint density at radius 2 is 1.15 bits per heavy atom. The summed E-state index contributed by atoms with van der Waals surface area (Å²) >= 11 is 3.17. The van der Waals surface area contributed by atoms with E-state index in [1.165, 1.54) is 68.0 Å². The van der Waals surface area contributed by atoms with E-state index in [1.54, 1.807) is 63.8 Å². The highest BCUT2D eigenvalue weighted by atomic mass is 32.1. The second-order valence-corrected chi connectivity index (χ2v) is 37.8. The molecule has 3 aliphatic rings. The van der Waals surface area contributed by atoms with E-state index in [2.05, 4.69) is 84.4 Å². The number of β-amino-alcohol motifs (C(OH)–C–C–N with tert-alkyl or cyclic N) is 2. The van der Waals surface area contributed by atoms with Crippen molar-refractivity contribution < 1.29 is 66.5 Å². The van der Waals surface area contributed by atoms with Crippen LogP contribution < -0.4 is 37.1 Å². The van der Waals surface area contributed by atoms with Gasteiger partial charge >= 0.3 is 0 Å². The van der Waals surface area contributed by atoms with E-state index in [4.69, 9.17) is 10.5 Å². The van der Waals surface area contributed by atoms with Crippen LogP contribution in [-0.2, 0) is 42.4 Å². The number of benzene rings is 5. The number of carbonyl (C=O) groups is 8. The van der Waals surface area contributed by atoms with Gasteiger partial charge in [0.2, 0.25) is 35.4 Å². The lowest BCUT2D eigenvalue weighted by Gasteiger charge is -2.35. The number of aliphatic hydroxyl groups is 2. The highest BCUT2D eigenvalue weighted by Gasteiger charge is 2.47. The molecule has 34 heteroatoms. The lowest BCUT2D eigenvalue weighted by molar-refractivity contribution is -0.144. The minimum atomic E-state index is -1.02. The van der Waals surface area contributed by atoms with E-state index in [0.717, 1.165) is 95.3 Å². The average molecular weight is 1850 g/mol. The van der Waals surface area contributed by atoms with Gasteiger partial charge in [-0.25, -0.2) is 33.1 Å². The van der Waals surface area contributed by atoms with Gasteiger partial charge in [0.05, 0.1) is 73.8 Å². The number of nitrogens with zero attached hydrogens (tertiary/aromatic N) is 11. The molecule has 0 bridgehead atoms. The smallest absolute Gasteiger partial charge is 0.257 e. The van der Waals surface area contributed by atoms with Crippen LogP contribution in [0.2, 0.25) is 0 Å². The summed E-state index contributed by atoms with van der Waals surface area (Å²) in [4.78, 5) is 131. The average Bonchev–Trinajstić information content (AvgIpc) is 1.74. The zero-order valence-corrected chi connectivity index (χ0v) is 79.0. The third kappa shape index (κ3) is 24.9. The molecule has 3 fully saturated rings. The molecule has 10 N–H and O–H groups in total. The number of ether oxygens (including phenoxy) is 1. The number of nitrogens with two attached hydrogens (primary N) is 1. The molecule has 5 aromatic carbocycles. The first-order valence-electron chi connectivity index (χ1n) is 43.8. The monoisotopic (exact) mass is 1850 g/mol. The molecule has 10 heterocycles. The number of aliphatic hydroxyl groups excluding tert-OH is 2. The van der Waals surface area contributed by atoms with Crippen molar-refractivity contribution in [2.75, 3.05) is 57.4 Å². The Morgan fingerprint density at radius 3 is 1.65 bits per heavy atom. The van der Waals surface area contributed by atoms with E-state index in [0.29, 0.717) is 30.9 Å². The van der Waals surface area contributed by atoms with Crippen LogP contribution in [0.3, 0.4) is 0 Å². The van der Waals surface area contributed by atoms with Crippen LogP contribution in [0.4, 0.5) is 24.7 Å². The van der Waals surface area contributed by atoms with E-state index < -0.39 is 70.9 Å². The number of thiazole rings is 2. The summed E-state index contributed by atoms with van der Waals surface area (Å²) in [7, 11) is 3.92. The number of aryl methyl sites for hydroxylation is 4. The topological polar surface area (TPSA) is 375 Å². The second-order valence-electron chi connectivity index (χ2n) is 36.0. The molecule has 7 aromatic heterocycles. The standard InChI is InChI=1S/C27H29F2N5O3.2C25H34N4O4S.C22H18FN5/c1-16-4-9-21(28)23(24(16)29)17(2)37-22-14-19(15-31-25(22)30)26(35)32-20-7-5-18(6-8-20)27(36)34-12-10-33(3)11-13-34;2*1-14(17-7-9-18(10-8-17)21-15(2)26-13-34-21)27-23(32)20-11-19(31)12-29(20)24(33)22(25(4,5)6)28-16(3)30;1-27-13-18(10-26-27)17-8-20-21(11-25-22(20)24-9-17)16-5-6-28(14-16)12-15-3-2-4-19(23)7-15/h4-9,14-15,17H,10-13H2,1-3H3,(H2,30,31)(H,32,35);2*7-10,13-14,19-20,22,31H,11-12H2,1-6H3,(H,27,32)(H,28,30);2-11,13-14H,12H2,1H3,(H,24,25)/t17-;2*14-,19+,20-,22+;/m000./s1. The van der Waals surface area contributed by atoms with Crippen molar-refractivity contribution in [2.45, 2.75) is 171 Å². The molecule has 9 atom stereocenters. The molecule has 29 nitrogen and oxygen atoms in total. The van der Waals surface area contributed by atoms with E-state index in [-0.39, 0.29) is 113 Å². The number of hydrogen-bond donors (Lipinski definition) is 9. The number of hydrogen-bond acceptors (Lipinski definition) is 20. The summed E-state index contributed by atoms with van der Waals surface area (Å²) in [6, 6.07) is 33.5. The molecule has 3 aliphatic heterocycles. The number of anilines is 2. The fourth-order valence-electron chi connectivity index (χ4n) is 16.0. The summed E-state index contributed by atoms with van der Waals surface area (Å²) in [5.41, 5.74) is 21.6. The number of nitrogens with one attached hydrogen (secondary N) is 6. The van der Waals surface area contributed by atoms with Crippen molar-refractivity contribution in [3.8, 4) is 48.9 Å². The Bertz CT molecular complexity index is 5990. The molecule has 0 aliphatic carbocycles. The maximum absolute atomic E-state index is 14.5. The van der Waals surface area contributed by atoms with Crippen LogP contribution in [0.1, 0.15) is 167 Å². The zero-order valence-electron chi connectivity index (χ0n) is 77.4. The van der Waals surface area contributed by atoms with Crippen molar-refractivity contribution in [1.29, 1.82) is 0 Å². The lowest BCUT2D eigenvalue weighted by atomic mass is 9.85. The molecule has 8 amide bonds. The maximum Gasteiger partial charge on any atom is 0.257 e. The molecular weight excluding hydrogens is 1740 g/mol. The maximum atomic E-state index is 14.5. The molecular formula is C99H115F3N18O11S2. The fraction of sp³-hybridized carbons (Fsp3) is 0.364. The molecule has 133 heavy (non-hydrogen) atoms. The van der Waals surface area contributed by atoms with Gasteiger partial charge in [0.15, 0.2) is 11.6 Å². The number of nitrogen functional groups attached to an aromatic ring is 1.